The van der Waals surface area contributed by atoms with Crippen LogP contribution in [0.15, 0.2) is 23.6 Å². The summed E-state index contributed by atoms with van der Waals surface area (Å²) in [6, 6.07) is 0. The number of hydrogen-bond acceptors (Lipinski definition) is 7. The lowest BCUT2D eigenvalue weighted by molar-refractivity contribution is -0.0656. The van der Waals surface area contributed by atoms with Crippen LogP contribution in [-0.2, 0) is 4.74 Å². The van der Waals surface area contributed by atoms with Gasteiger partial charge in [-0.15, -0.1) is 6.58 Å². The Bertz CT molecular complexity index is 592. The molecule has 1 aromatic rings. The number of nitrogen functional groups attached to an aromatic ring is 1. The van der Waals surface area contributed by atoms with Crippen LogP contribution in [0.2, 0.25) is 0 Å². The molecule has 9 heteroatoms. The largest absolute Gasteiger partial charge is 0.394 e. The molecule has 0 aliphatic carbocycles. The smallest absolute Gasteiger partial charge is 0.351 e. The number of aliphatic hydroxyl groups excluding tert-OH is 2. The number of halogens is 1. The molecule has 0 aromatic carbocycles. The molecule has 0 saturated carbocycles. The lowest BCUT2D eigenvalue weighted by Gasteiger charge is -2.26. The van der Waals surface area contributed by atoms with E-state index in [1.807, 2.05) is 0 Å². The third-order valence-electron chi connectivity index (χ3n) is 3.26. The van der Waals surface area contributed by atoms with Crippen molar-refractivity contribution in [2.45, 2.75) is 24.0 Å². The summed E-state index contributed by atoms with van der Waals surface area (Å²) in [4.78, 5) is 14.9. The Labute approximate surface area is 112 Å². The van der Waals surface area contributed by atoms with Crippen LogP contribution >= 0.6 is 0 Å². The number of nitrogens with two attached hydrogens (primary N) is 1. The quantitative estimate of drug-likeness (QED) is 0.479. The van der Waals surface area contributed by atoms with Crippen LogP contribution in [0.3, 0.4) is 0 Å². The minimum Gasteiger partial charge on any atom is -0.394 e. The maximum absolute atomic E-state index is 13.4. The first-order valence-electron chi connectivity index (χ1n) is 5.69. The first kappa shape index (κ1) is 14.6. The molecule has 2 rings (SSSR count). The van der Waals surface area contributed by atoms with Crippen LogP contribution in [0.5, 0.6) is 0 Å². The molecular formula is C11H14FN3O5. The van der Waals surface area contributed by atoms with Crippen molar-refractivity contribution in [3.05, 3.63) is 35.2 Å². The van der Waals surface area contributed by atoms with Crippen molar-refractivity contribution in [3.8, 4) is 0 Å². The summed E-state index contributed by atoms with van der Waals surface area (Å²) in [6.45, 7) is 2.72. The van der Waals surface area contributed by atoms with Crippen LogP contribution in [0.1, 0.15) is 6.23 Å². The zero-order valence-electron chi connectivity index (χ0n) is 10.3. The Hall–Kier alpha value is -1.81. The molecular weight excluding hydrogens is 273 g/mol. The second-order valence-electron chi connectivity index (χ2n) is 4.40. The Morgan fingerprint density at radius 2 is 2.35 bits per heavy atom. The highest BCUT2D eigenvalue weighted by Gasteiger charge is 2.54. The zero-order chi connectivity index (χ0) is 15.1. The van der Waals surface area contributed by atoms with Gasteiger partial charge < -0.3 is 25.8 Å². The van der Waals surface area contributed by atoms with Gasteiger partial charge in [0.15, 0.2) is 17.9 Å². The van der Waals surface area contributed by atoms with Crippen molar-refractivity contribution in [2.75, 3.05) is 12.3 Å². The monoisotopic (exact) mass is 287 g/mol. The Morgan fingerprint density at radius 1 is 1.70 bits per heavy atom. The topological polar surface area (TPSA) is 131 Å². The molecule has 0 radical (unpaired) electrons. The Morgan fingerprint density at radius 3 is 2.85 bits per heavy atom. The standard InChI is InChI=1S/C11H14FN3O5/c1-2-11(19)6(4-16)20-9(7(11)17)15-3-5(12)8(13)14-10(15)18/h2-3,6-7,9,16-17,19H,1,4H2,(H2,13,14,18)/t6-,7+,9-,11-/m1/s1. The average Bonchev–Trinajstić information content (AvgIpc) is 2.67. The molecule has 1 saturated heterocycles. The van der Waals surface area contributed by atoms with E-state index >= 15 is 0 Å². The molecule has 5 N–H and O–H groups in total. The predicted molar refractivity (Wildman–Crippen MR) is 65.0 cm³/mol. The van der Waals surface area contributed by atoms with E-state index in [1.165, 1.54) is 0 Å². The van der Waals surface area contributed by atoms with Crippen LogP contribution < -0.4 is 11.4 Å². The van der Waals surface area contributed by atoms with Crippen LogP contribution in [0.25, 0.3) is 0 Å². The molecule has 1 aliphatic rings. The molecule has 0 unspecified atom stereocenters. The van der Waals surface area contributed by atoms with Gasteiger partial charge in [0.2, 0.25) is 0 Å². The minimum atomic E-state index is -1.98. The van der Waals surface area contributed by atoms with Gasteiger partial charge in [-0.2, -0.15) is 4.98 Å². The number of rotatable bonds is 3. The number of anilines is 1. The lowest BCUT2D eigenvalue weighted by Crippen LogP contribution is -2.47. The van der Waals surface area contributed by atoms with Gasteiger partial charge in [0.25, 0.3) is 0 Å². The van der Waals surface area contributed by atoms with E-state index in [9.17, 15) is 19.4 Å². The number of aromatic nitrogens is 2. The normalized spacial score (nSPS) is 33.3. The van der Waals surface area contributed by atoms with Gasteiger partial charge >= 0.3 is 5.69 Å². The number of ether oxygens (including phenoxy) is 1. The molecule has 4 atom stereocenters. The molecule has 20 heavy (non-hydrogen) atoms. The molecule has 110 valence electrons. The summed E-state index contributed by atoms with van der Waals surface area (Å²) in [5, 5.41) is 29.4. The van der Waals surface area contributed by atoms with E-state index in [4.69, 9.17) is 15.6 Å². The summed E-state index contributed by atoms with van der Waals surface area (Å²) < 4.78 is 19.2. The summed E-state index contributed by atoms with van der Waals surface area (Å²) in [5.41, 5.74) is 2.21. The van der Waals surface area contributed by atoms with E-state index in [0.717, 1.165) is 6.08 Å². The van der Waals surface area contributed by atoms with Crippen molar-refractivity contribution in [2.24, 2.45) is 0 Å². The summed E-state index contributed by atoms with van der Waals surface area (Å²) in [5.74, 6) is -1.56. The summed E-state index contributed by atoms with van der Waals surface area (Å²) in [7, 11) is 0. The van der Waals surface area contributed by atoms with Crippen LogP contribution in [0.4, 0.5) is 10.2 Å². The molecule has 0 bridgehead atoms. The average molecular weight is 287 g/mol. The van der Waals surface area contributed by atoms with Crippen molar-refractivity contribution in [3.63, 3.8) is 0 Å². The lowest BCUT2D eigenvalue weighted by atomic mass is 9.92. The Balaban J connectivity index is 2.48. The molecule has 0 amide bonds. The third-order valence-corrected chi connectivity index (χ3v) is 3.26. The minimum absolute atomic E-state index is 0.587. The highest BCUT2D eigenvalue weighted by molar-refractivity contribution is 5.26. The SMILES string of the molecule is C=C[C@@]1(O)[C@@H](CO)O[C@@H](n2cc(F)c(N)nc2=O)[C@@H]1O. The molecule has 1 aromatic heterocycles. The Kier molecular flexibility index (Phi) is 3.61. The van der Waals surface area contributed by atoms with E-state index < -0.39 is 48.0 Å². The van der Waals surface area contributed by atoms with Gasteiger partial charge in [-0.25, -0.2) is 9.18 Å². The highest BCUT2D eigenvalue weighted by Crippen LogP contribution is 2.37. The van der Waals surface area contributed by atoms with Crippen molar-refractivity contribution >= 4 is 5.82 Å². The maximum atomic E-state index is 13.4. The predicted octanol–water partition coefficient (Wildman–Crippen LogP) is -1.87. The molecule has 8 nitrogen and oxygen atoms in total. The molecule has 2 heterocycles. The van der Waals surface area contributed by atoms with Crippen molar-refractivity contribution < 1.29 is 24.4 Å². The number of aliphatic hydroxyl groups is 3. The van der Waals surface area contributed by atoms with Gasteiger partial charge in [0, 0.05) is 0 Å². The first-order chi connectivity index (χ1) is 9.35. The van der Waals surface area contributed by atoms with Crippen molar-refractivity contribution in [1.29, 1.82) is 0 Å². The van der Waals surface area contributed by atoms with Gasteiger partial charge in [-0.05, 0) is 0 Å². The first-order valence-corrected chi connectivity index (χ1v) is 5.69. The van der Waals surface area contributed by atoms with Gasteiger partial charge in [0.1, 0.15) is 17.8 Å². The van der Waals surface area contributed by atoms with Gasteiger partial charge in [0.05, 0.1) is 12.8 Å². The van der Waals surface area contributed by atoms with E-state index in [-0.39, 0.29) is 0 Å². The molecule has 1 fully saturated rings. The molecule has 0 spiro atoms. The second kappa shape index (κ2) is 4.94. The zero-order valence-corrected chi connectivity index (χ0v) is 10.3. The second-order valence-corrected chi connectivity index (χ2v) is 4.40. The maximum Gasteiger partial charge on any atom is 0.351 e. The molecule has 1 aliphatic heterocycles. The number of nitrogens with zero attached hydrogens (tertiary/aromatic N) is 2. The van der Waals surface area contributed by atoms with Crippen molar-refractivity contribution in [1.82, 2.24) is 9.55 Å². The fourth-order valence-electron chi connectivity index (χ4n) is 2.07. The van der Waals surface area contributed by atoms with Crippen LogP contribution in [0, 0.1) is 5.82 Å². The van der Waals surface area contributed by atoms with Gasteiger partial charge in [-0.3, -0.25) is 4.57 Å². The van der Waals surface area contributed by atoms with E-state index in [1.54, 1.807) is 0 Å². The van der Waals surface area contributed by atoms with Crippen LogP contribution in [-0.4, -0.2) is 49.3 Å². The van der Waals surface area contributed by atoms with E-state index in [0.29, 0.717) is 10.8 Å². The summed E-state index contributed by atoms with van der Waals surface area (Å²) >= 11 is 0. The summed E-state index contributed by atoms with van der Waals surface area (Å²) in [6.07, 6.45) is -2.58. The van der Waals surface area contributed by atoms with E-state index in [2.05, 4.69) is 11.6 Å². The fourth-order valence-corrected chi connectivity index (χ4v) is 2.07. The van der Waals surface area contributed by atoms with Gasteiger partial charge in [-0.1, -0.05) is 6.08 Å². The third kappa shape index (κ3) is 2.00. The fraction of sp³-hybridized carbons (Fsp3) is 0.455. The number of hydrogen-bond donors (Lipinski definition) is 4. The highest BCUT2D eigenvalue weighted by atomic mass is 19.1.